The number of hydrogen-bond acceptors (Lipinski definition) is 6. The highest BCUT2D eigenvalue weighted by molar-refractivity contribution is 9.10. The van der Waals surface area contributed by atoms with Crippen LogP contribution in [0.2, 0.25) is 0 Å². The Morgan fingerprint density at radius 2 is 1.90 bits per heavy atom. The average molecular weight is 506 g/mol. The fourth-order valence-electron chi connectivity index (χ4n) is 2.85. The van der Waals surface area contributed by atoms with Crippen molar-refractivity contribution in [1.29, 1.82) is 0 Å². The number of hydrogen-bond donors (Lipinski definition) is 1. The van der Waals surface area contributed by atoms with Crippen molar-refractivity contribution in [1.82, 2.24) is 4.90 Å². The summed E-state index contributed by atoms with van der Waals surface area (Å²) in [5, 5.41) is 8.46. The van der Waals surface area contributed by atoms with Crippen LogP contribution in [0.3, 0.4) is 0 Å². The number of aryl methyl sites for hydroxylation is 2. The van der Waals surface area contributed by atoms with Crippen molar-refractivity contribution in [3.63, 3.8) is 0 Å². The van der Waals surface area contributed by atoms with Crippen molar-refractivity contribution in [3.05, 3.63) is 62.5 Å². The lowest BCUT2D eigenvalue weighted by Gasteiger charge is -2.14. The second kappa shape index (κ2) is 10.0. The molecule has 7 nitrogen and oxygen atoms in total. The maximum atomic E-state index is 12.8. The number of carboxylic acid groups (broad SMARTS) is 1. The normalized spacial score (nSPS) is 14.9. The Morgan fingerprint density at radius 1 is 1.13 bits per heavy atom. The van der Waals surface area contributed by atoms with Crippen LogP contribution in [-0.2, 0) is 9.59 Å². The minimum atomic E-state index is -1.11. The van der Waals surface area contributed by atoms with Crippen molar-refractivity contribution >= 4 is 50.9 Å². The van der Waals surface area contributed by atoms with Crippen molar-refractivity contribution < 1.29 is 29.0 Å². The van der Waals surface area contributed by atoms with Gasteiger partial charge in [-0.25, -0.2) is 4.79 Å². The Hall–Kier alpha value is -2.78. The van der Waals surface area contributed by atoms with Crippen LogP contribution in [-0.4, -0.2) is 46.9 Å². The molecule has 3 rings (SSSR count). The summed E-state index contributed by atoms with van der Waals surface area (Å²) in [6.07, 6.45) is 1.53. The highest BCUT2D eigenvalue weighted by Crippen LogP contribution is 2.35. The van der Waals surface area contributed by atoms with Gasteiger partial charge in [-0.05, 0) is 67.1 Å². The van der Waals surface area contributed by atoms with E-state index in [1.54, 1.807) is 18.2 Å². The number of carboxylic acids is 1. The summed E-state index contributed by atoms with van der Waals surface area (Å²) in [5.74, 6) is -0.519. The van der Waals surface area contributed by atoms with Gasteiger partial charge in [-0.3, -0.25) is 14.5 Å². The summed E-state index contributed by atoms with van der Waals surface area (Å²) in [7, 11) is 0. The number of nitrogens with zero attached hydrogens (tertiary/aromatic N) is 1. The fraction of sp³-hybridized carbons (Fsp3) is 0.227. The molecular formula is C22H20BrNO6S. The molecule has 0 bridgehead atoms. The number of carbonyl (C=O) groups excluding carboxylic acids is 2. The van der Waals surface area contributed by atoms with Gasteiger partial charge in [-0.1, -0.05) is 28.1 Å². The molecule has 1 heterocycles. The van der Waals surface area contributed by atoms with Crippen LogP contribution >= 0.6 is 27.7 Å². The highest BCUT2D eigenvalue weighted by atomic mass is 79.9. The van der Waals surface area contributed by atoms with Gasteiger partial charge in [0.05, 0.1) is 11.4 Å². The van der Waals surface area contributed by atoms with Gasteiger partial charge in [0.2, 0.25) is 0 Å². The number of halogens is 1. The number of carbonyl (C=O) groups is 3. The lowest BCUT2D eigenvalue weighted by molar-refractivity contribution is -0.139. The standard InChI is InChI=1S/C22H20BrNO6S/c1-13-3-4-14(2)18(9-13)29-8-7-24-21(27)19(31-22(24)28)11-15-10-16(23)5-6-17(15)30-12-20(25)26/h3-6,9-11H,7-8,12H2,1-2H3,(H,25,26)/b19-11-. The zero-order valence-electron chi connectivity index (χ0n) is 16.9. The van der Waals surface area contributed by atoms with E-state index in [9.17, 15) is 14.4 Å². The molecule has 1 aliphatic heterocycles. The number of ether oxygens (including phenoxy) is 2. The zero-order valence-corrected chi connectivity index (χ0v) is 19.3. The van der Waals surface area contributed by atoms with Gasteiger partial charge in [0, 0.05) is 10.0 Å². The van der Waals surface area contributed by atoms with Gasteiger partial charge >= 0.3 is 5.97 Å². The van der Waals surface area contributed by atoms with E-state index in [2.05, 4.69) is 15.9 Å². The largest absolute Gasteiger partial charge is 0.491 e. The van der Waals surface area contributed by atoms with Gasteiger partial charge in [0.1, 0.15) is 18.1 Å². The van der Waals surface area contributed by atoms with E-state index >= 15 is 0 Å². The predicted octanol–water partition coefficient (Wildman–Crippen LogP) is 4.64. The molecule has 2 aromatic carbocycles. The Morgan fingerprint density at radius 3 is 2.65 bits per heavy atom. The molecule has 1 saturated heterocycles. The fourth-order valence-corrected chi connectivity index (χ4v) is 4.08. The minimum Gasteiger partial charge on any atom is -0.491 e. The summed E-state index contributed by atoms with van der Waals surface area (Å²) in [5.41, 5.74) is 2.53. The number of rotatable bonds is 8. The van der Waals surface area contributed by atoms with E-state index < -0.39 is 18.5 Å². The SMILES string of the molecule is Cc1ccc(C)c(OCCN2C(=O)S/C(=C\c3cc(Br)ccc3OCC(=O)O)C2=O)c1. The first-order chi connectivity index (χ1) is 14.7. The maximum absolute atomic E-state index is 12.8. The molecular weight excluding hydrogens is 486 g/mol. The van der Waals surface area contributed by atoms with Gasteiger partial charge in [0.15, 0.2) is 6.61 Å². The van der Waals surface area contributed by atoms with Gasteiger partial charge < -0.3 is 14.6 Å². The third-order valence-electron chi connectivity index (χ3n) is 4.40. The molecule has 1 fully saturated rings. The van der Waals surface area contributed by atoms with Crippen LogP contribution in [0.15, 0.2) is 45.8 Å². The maximum Gasteiger partial charge on any atom is 0.341 e. The zero-order chi connectivity index (χ0) is 22.5. The molecule has 0 spiro atoms. The molecule has 1 N–H and O–H groups in total. The lowest BCUT2D eigenvalue weighted by Crippen LogP contribution is -2.32. The number of benzene rings is 2. The van der Waals surface area contributed by atoms with E-state index in [0.29, 0.717) is 11.3 Å². The van der Waals surface area contributed by atoms with Crippen molar-refractivity contribution in [2.24, 2.45) is 0 Å². The van der Waals surface area contributed by atoms with Crippen molar-refractivity contribution in [3.8, 4) is 11.5 Å². The van der Waals surface area contributed by atoms with E-state index in [-0.39, 0.29) is 23.3 Å². The summed E-state index contributed by atoms with van der Waals surface area (Å²) < 4.78 is 11.8. The Bertz CT molecular complexity index is 1070. The molecule has 2 amide bonds. The molecule has 0 aromatic heterocycles. The smallest absolute Gasteiger partial charge is 0.341 e. The summed E-state index contributed by atoms with van der Waals surface area (Å²) in [6.45, 7) is 3.68. The van der Waals surface area contributed by atoms with E-state index in [1.165, 1.54) is 6.08 Å². The predicted molar refractivity (Wildman–Crippen MR) is 121 cm³/mol. The molecule has 9 heteroatoms. The summed E-state index contributed by atoms with van der Waals surface area (Å²) in [6, 6.07) is 10.8. The number of aliphatic carboxylic acids is 1. The molecule has 0 aliphatic carbocycles. The summed E-state index contributed by atoms with van der Waals surface area (Å²) >= 11 is 4.17. The summed E-state index contributed by atoms with van der Waals surface area (Å²) in [4.78, 5) is 37.3. The van der Waals surface area contributed by atoms with Crippen LogP contribution < -0.4 is 9.47 Å². The quantitative estimate of drug-likeness (QED) is 0.522. The van der Waals surface area contributed by atoms with Gasteiger partial charge in [-0.2, -0.15) is 0 Å². The third-order valence-corrected chi connectivity index (χ3v) is 5.80. The van der Waals surface area contributed by atoms with Crippen LogP contribution in [0.25, 0.3) is 6.08 Å². The molecule has 0 radical (unpaired) electrons. The monoisotopic (exact) mass is 505 g/mol. The second-order valence-electron chi connectivity index (χ2n) is 6.82. The molecule has 2 aromatic rings. The van der Waals surface area contributed by atoms with Gasteiger partial charge in [0.25, 0.3) is 11.1 Å². The molecule has 162 valence electrons. The van der Waals surface area contributed by atoms with E-state index in [4.69, 9.17) is 14.6 Å². The highest BCUT2D eigenvalue weighted by Gasteiger charge is 2.35. The van der Waals surface area contributed by atoms with Gasteiger partial charge in [-0.15, -0.1) is 0 Å². The van der Waals surface area contributed by atoms with Crippen LogP contribution in [0.1, 0.15) is 16.7 Å². The molecule has 1 aliphatic rings. The lowest BCUT2D eigenvalue weighted by atomic mass is 10.1. The first kappa shape index (κ1) is 22.9. The third kappa shape index (κ3) is 5.89. The molecule has 0 saturated carbocycles. The minimum absolute atomic E-state index is 0.121. The van der Waals surface area contributed by atoms with Crippen LogP contribution in [0.5, 0.6) is 11.5 Å². The van der Waals surface area contributed by atoms with Crippen LogP contribution in [0, 0.1) is 13.8 Å². The Kier molecular flexibility index (Phi) is 7.40. The molecule has 0 unspecified atom stereocenters. The molecule has 31 heavy (non-hydrogen) atoms. The van der Waals surface area contributed by atoms with E-state index in [1.807, 2.05) is 32.0 Å². The van der Waals surface area contributed by atoms with E-state index in [0.717, 1.165) is 38.0 Å². The van der Waals surface area contributed by atoms with Crippen molar-refractivity contribution in [2.75, 3.05) is 19.8 Å². The second-order valence-corrected chi connectivity index (χ2v) is 8.72. The number of thioether (sulfide) groups is 1. The van der Waals surface area contributed by atoms with Crippen molar-refractivity contribution in [2.45, 2.75) is 13.8 Å². The number of amides is 2. The Labute approximate surface area is 192 Å². The topological polar surface area (TPSA) is 93.1 Å². The molecule has 0 atom stereocenters. The Balaban J connectivity index is 1.71. The van der Waals surface area contributed by atoms with Crippen LogP contribution in [0.4, 0.5) is 4.79 Å². The average Bonchev–Trinajstić information content (AvgIpc) is 2.97. The number of imide groups is 1. The first-order valence-electron chi connectivity index (χ1n) is 9.34. The first-order valence-corrected chi connectivity index (χ1v) is 10.9.